The van der Waals surface area contributed by atoms with Crippen LogP contribution in [0.5, 0.6) is 0 Å². The summed E-state index contributed by atoms with van der Waals surface area (Å²) >= 11 is 3.16. The largest absolute Gasteiger partial charge is 0.374 e. The van der Waals surface area contributed by atoms with Crippen molar-refractivity contribution in [3.8, 4) is 0 Å². The van der Waals surface area contributed by atoms with E-state index in [2.05, 4.69) is 28.4 Å². The molecular formula is C12H13N3S2. The third-order valence-electron chi connectivity index (χ3n) is 2.95. The van der Waals surface area contributed by atoms with Crippen molar-refractivity contribution in [3.05, 3.63) is 34.9 Å². The minimum Gasteiger partial charge on any atom is -0.374 e. The van der Waals surface area contributed by atoms with Crippen LogP contribution in [0.4, 0.5) is 5.13 Å². The third-order valence-corrected chi connectivity index (χ3v) is 4.90. The van der Waals surface area contributed by atoms with Crippen molar-refractivity contribution in [1.82, 2.24) is 10.2 Å². The van der Waals surface area contributed by atoms with Crippen molar-refractivity contribution >= 4 is 28.2 Å². The van der Waals surface area contributed by atoms with Gasteiger partial charge in [-0.1, -0.05) is 41.3 Å². The van der Waals surface area contributed by atoms with Crippen LogP contribution in [0.2, 0.25) is 0 Å². The Labute approximate surface area is 108 Å². The molecule has 3 nitrogen and oxygen atoms in total. The molecule has 0 atom stereocenters. The van der Waals surface area contributed by atoms with E-state index >= 15 is 0 Å². The number of fused-ring (bicyclic) bond motifs is 1. The molecule has 1 aromatic heterocycles. The zero-order chi connectivity index (χ0) is 11.7. The van der Waals surface area contributed by atoms with E-state index in [4.69, 9.17) is 5.73 Å². The molecule has 2 N–H and O–H groups in total. The van der Waals surface area contributed by atoms with E-state index in [0.717, 1.165) is 10.1 Å². The second-order valence-electron chi connectivity index (χ2n) is 4.15. The normalized spacial score (nSPS) is 13.9. The van der Waals surface area contributed by atoms with Crippen LogP contribution in [0.25, 0.3) is 0 Å². The number of hydrogen-bond acceptors (Lipinski definition) is 5. The van der Waals surface area contributed by atoms with Gasteiger partial charge in [-0.3, -0.25) is 0 Å². The summed E-state index contributed by atoms with van der Waals surface area (Å²) in [5.41, 5.74) is 9.97. The molecular weight excluding hydrogens is 250 g/mol. The quantitative estimate of drug-likeness (QED) is 0.865. The lowest BCUT2D eigenvalue weighted by molar-refractivity contribution is 0.911. The first-order valence-electron chi connectivity index (χ1n) is 5.64. The van der Waals surface area contributed by atoms with Crippen molar-refractivity contribution in [2.75, 3.05) is 5.73 Å². The summed E-state index contributed by atoms with van der Waals surface area (Å²) in [6.07, 6.45) is 3.79. The summed E-state index contributed by atoms with van der Waals surface area (Å²) < 4.78 is 0.947. The second kappa shape index (κ2) is 4.66. The number of anilines is 1. The summed E-state index contributed by atoms with van der Waals surface area (Å²) in [5, 5.41) is 8.37. The lowest BCUT2D eigenvalue weighted by Crippen LogP contribution is -1.86. The summed E-state index contributed by atoms with van der Waals surface area (Å²) in [6, 6.07) is 6.83. The summed E-state index contributed by atoms with van der Waals surface area (Å²) in [4.78, 5) is 0. The van der Waals surface area contributed by atoms with Gasteiger partial charge in [0.25, 0.3) is 0 Å². The molecule has 1 aliphatic rings. The van der Waals surface area contributed by atoms with E-state index in [1.165, 1.54) is 47.3 Å². The standard InChI is InChI=1S/C12H13N3S2/c13-11-14-15-12(17-11)16-7-8-4-5-9-2-1-3-10(9)6-8/h4-6H,1-3,7H2,(H2,13,14). The Morgan fingerprint density at radius 1 is 1.24 bits per heavy atom. The highest BCUT2D eigenvalue weighted by atomic mass is 32.2. The molecule has 0 fully saturated rings. The smallest absolute Gasteiger partial charge is 0.203 e. The van der Waals surface area contributed by atoms with E-state index in [-0.39, 0.29) is 0 Å². The van der Waals surface area contributed by atoms with Crippen LogP contribution in [-0.4, -0.2) is 10.2 Å². The van der Waals surface area contributed by atoms with Crippen molar-refractivity contribution < 1.29 is 0 Å². The number of nitrogens with zero attached hydrogens (tertiary/aromatic N) is 2. The molecule has 0 radical (unpaired) electrons. The van der Waals surface area contributed by atoms with Crippen molar-refractivity contribution in [1.29, 1.82) is 0 Å². The van der Waals surface area contributed by atoms with Gasteiger partial charge in [-0.15, -0.1) is 10.2 Å². The molecule has 0 aliphatic heterocycles. The minimum absolute atomic E-state index is 0.543. The number of rotatable bonds is 3. The van der Waals surface area contributed by atoms with E-state index in [1.54, 1.807) is 11.8 Å². The highest BCUT2D eigenvalue weighted by molar-refractivity contribution is 8.00. The van der Waals surface area contributed by atoms with Crippen LogP contribution >= 0.6 is 23.1 Å². The van der Waals surface area contributed by atoms with Gasteiger partial charge in [0.1, 0.15) is 0 Å². The maximum Gasteiger partial charge on any atom is 0.203 e. The topological polar surface area (TPSA) is 51.8 Å². The predicted molar refractivity (Wildman–Crippen MR) is 72.3 cm³/mol. The SMILES string of the molecule is Nc1nnc(SCc2ccc3c(c2)CCC3)s1. The molecule has 2 aromatic rings. The first-order valence-corrected chi connectivity index (χ1v) is 7.44. The van der Waals surface area contributed by atoms with Gasteiger partial charge in [0.05, 0.1) is 0 Å². The van der Waals surface area contributed by atoms with Gasteiger partial charge in [0.2, 0.25) is 5.13 Å². The van der Waals surface area contributed by atoms with Crippen LogP contribution in [0.3, 0.4) is 0 Å². The fourth-order valence-corrected chi connectivity index (χ4v) is 3.72. The molecule has 1 aromatic carbocycles. The molecule has 3 rings (SSSR count). The Morgan fingerprint density at radius 2 is 2.12 bits per heavy atom. The average molecular weight is 263 g/mol. The first-order chi connectivity index (χ1) is 8.31. The number of aromatic nitrogens is 2. The number of hydrogen-bond donors (Lipinski definition) is 1. The maximum absolute atomic E-state index is 5.55. The molecule has 0 saturated heterocycles. The fourth-order valence-electron chi connectivity index (χ4n) is 2.14. The predicted octanol–water partition coefficient (Wildman–Crippen LogP) is 2.90. The van der Waals surface area contributed by atoms with E-state index < -0.39 is 0 Å². The summed E-state index contributed by atoms with van der Waals surface area (Å²) in [6.45, 7) is 0. The van der Waals surface area contributed by atoms with Crippen LogP contribution in [0, 0.1) is 0 Å². The van der Waals surface area contributed by atoms with Crippen LogP contribution in [0.15, 0.2) is 22.5 Å². The fraction of sp³-hybridized carbons (Fsp3) is 0.333. The van der Waals surface area contributed by atoms with Crippen molar-refractivity contribution in [2.45, 2.75) is 29.4 Å². The van der Waals surface area contributed by atoms with Gasteiger partial charge in [-0.05, 0) is 36.0 Å². The molecule has 17 heavy (non-hydrogen) atoms. The molecule has 0 amide bonds. The van der Waals surface area contributed by atoms with Gasteiger partial charge in [0.15, 0.2) is 4.34 Å². The van der Waals surface area contributed by atoms with Gasteiger partial charge in [0, 0.05) is 5.75 Å². The van der Waals surface area contributed by atoms with Crippen molar-refractivity contribution in [2.24, 2.45) is 0 Å². The van der Waals surface area contributed by atoms with E-state index in [9.17, 15) is 0 Å². The van der Waals surface area contributed by atoms with Crippen molar-refractivity contribution in [3.63, 3.8) is 0 Å². The zero-order valence-corrected chi connectivity index (χ0v) is 11.0. The molecule has 0 unspecified atom stereocenters. The van der Waals surface area contributed by atoms with E-state index in [0.29, 0.717) is 5.13 Å². The molecule has 88 valence electrons. The maximum atomic E-state index is 5.55. The summed E-state index contributed by atoms with van der Waals surface area (Å²) in [5.74, 6) is 0.946. The van der Waals surface area contributed by atoms with Crippen LogP contribution < -0.4 is 5.73 Å². The van der Waals surface area contributed by atoms with Crippen LogP contribution in [-0.2, 0) is 18.6 Å². The Hall–Kier alpha value is -1.07. The highest BCUT2D eigenvalue weighted by Gasteiger charge is 2.11. The zero-order valence-electron chi connectivity index (χ0n) is 9.35. The second-order valence-corrected chi connectivity index (χ2v) is 6.38. The number of nitrogen functional groups attached to an aromatic ring is 1. The van der Waals surface area contributed by atoms with Gasteiger partial charge in [-0.25, -0.2) is 0 Å². The number of benzene rings is 1. The van der Waals surface area contributed by atoms with Crippen LogP contribution in [0.1, 0.15) is 23.1 Å². The average Bonchev–Trinajstić information content (AvgIpc) is 2.94. The third kappa shape index (κ3) is 2.45. The minimum atomic E-state index is 0.543. The highest BCUT2D eigenvalue weighted by Crippen LogP contribution is 2.29. The molecule has 1 heterocycles. The molecule has 0 saturated carbocycles. The number of aryl methyl sites for hydroxylation is 2. The number of thioether (sulfide) groups is 1. The molecule has 5 heteroatoms. The Bertz CT molecular complexity index is 536. The monoisotopic (exact) mass is 263 g/mol. The molecule has 0 bridgehead atoms. The Balaban J connectivity index is 1.69. The Morgan fingerprint density at radius 3 is 2.94 bits per heavy atom. The first kappa shape index (κ1) is 11.0. The Kier molecular flexibility index (Phi) is 3.03. The summed E-state index contributed by atoms with van der Waals surface area (Å²) in [7, 11) is 0. The lowest BCUT2D eigenvalue weighted by Gasteiger charge is -2.03. The molecule has 0 spiro atoms. The van der Waals surface area contributed by atoms with E-state index in [1.807, 2.05) is 0 Å². The number of nitrogens with two attached hydrogens (primary N) is 1. The van der Waals surface area contributed by atoms with Gasteiger partial charge < -0.3 is 5.73 Å². The molecule has 1 aliphatic carbocycles. The van der Waals surface area contributed by atoms with Gasteiger partial charge >= 0.3 is 0 Å². The van der Waals surface area contributed by atoms with Gasteiger partial charge in [-0.2, -0.15) is 0 Å². The lowest BCUT2D eigenvalue weighted by atomic mass is 10.1.